The van der Waals surface area contributed by atoms with Crippen molar-refractivity contribution in [3.8, 4) is 0 Å². The molecular weight excluding hydrogens is 194 g/mol. The second-order valence-electron chi connectivity index (χ2n) is 5.78. The summed E-state index contributed by atoms with van der Waals surface area (Å²) in [6.07, 6.45) is 17.0. The molecule has 0 bridgehead atoms. The number of hydrogen-bond acceptors (Lipinski definition) is 1. The average Bonchev–Trinajstić information content (AvgIpc) is 2.77. The van der Waals surface area contributed by atoms with Crippen LogP contribution in [0.5, 0.6) is 0 Å². The molecule has 0 unspecified atom stereocenters. The van der Waals surface area contributed by atoms with Crippen molar-refractivity contribution in [1.82, 2.24) is 0 Å². The van der Waals surface area contributed by atoms with Crippen LogP contribution in [0.25, 0.3) is 0 Å². The van der Waals surface area contributed by atoms with E-state index >= 15 is 0 Å². The zero-order valence-corrected chi connectivity index (χ0v) is 11.3. The predicted molar refractivity (Wildman–Crippen MR) is 72.6 cm³/mol. The first-order chi connectivity index (χ1) is 7.83. The highest BCUT2D eigenvalue weighted by molar-refractivity contribution is 4.85. The molecule has 0 radical (unpaired) electrons. The SMILES string of the molecule is CCCCCCCCCC1(CN)CCCC1. The van der Waals surface area contributed by atoms with Gasteiger partial charge in [0.05, 0.1) is 0 Å². The monoisotopic (exact) mass is 225 g/mol. The topological polar surface area (TPSA) is 26.0 Å². The predicted octanol–water partition coefficient (Wildman–Crippen LogP) is 4.65. The molecule has 0 aliphatic heterocycles. The number of rotatable bonds is 9. The van der Waals surface area contributed by atoms with Crippen molar-refractivity contribution < 1.29 is 0 Å². The van der Waals surface area contributed by atoms with Crippen molar-refractivity contribution in [2.45, 2.75) is 84.0 Å². The van der Waals surface area contributed by atoms with Crippen LogP contribution in [0.2, 0.25) is 0 Å². The average molecular weight is 225 g/mol. The van der Waals surface area contributed by atoms with Crippen molar-refractivity contribution in [3.05, 3.63) is 0 Å². The number of nitrogens with two attached hydrogens (primary N) is 1. The van der Waals surface area contributed by atoms with Crippen LogP contribution >= 0.6 is 0 Å². The maximum absolute atomic E-state index is 5.95. The lowest BCUT2D eigenvalue weighted by Gasteiger charge is -2.27. The molecule has 0 aromatic carbocycles. The van der Waals surface area contributed by atoms with E-state index in [2.05, 4.69) is 6.92 Å². The van der Waals surface area contributed by atoms with Gasteiger partial charge in [-0.25, -0.2) is 0 Å². The van der Waals surface area contributed by atoms with E-state index in [-0.39, 0.29) is 0 Å². The molecule has 1 heteroatoms. The highest BCUT2D eigenvalue weighted by Crippen LogP contribution is 2.41. The fraction of sp³-hybridized carbons (Fsp3) is 1.00. The summed E-state index contributed by atoms with van der Waals surface area (Å²) in [6, 6.07) is 0. The van der Waals surface area contributed by atoms with Gasteiger partial charge >= 0.3 is 0 Å². The number of unbranched alkanes of at least 4 members (excludes halogenated alkanes) is 6. The van der Waals surface area contributed by atoms with Gasteiger partial charge in [0.1, 0.15) is 0 Å². The lowest BCUT2D eigenvalue weighted by Crippen LogP contribution is -2.27. The molecule has 0 saturated heterocycles. The Morgan fingerprint density at radius 2 is 1.44 bits per heavy atom. The minimum atomic E-state index is 0.559. The van der Waals surface area contributed by atoms with E-state index in [1.165, 1.54) is 77.0 Å². The largest absolute Gasteiger partial charge is 0.330 e. The standard InChI is InChI=1S/C15H31N/c1-2-3-4-5-6-7-8-11-15(14-16)12-9-10-13-15/h2-14,16H2,1H3. The fourth-order valence-corrected chi connectivity index (χ4v) is 3.14. The lowest BCUT2D eigenvalue weighted by atomic mass is 9.81. The van der Waals surface area contributed by atoms with Gasteiger partial charge in [0.2, 0.25) is 0 Å². The Hall–Kier alpha value is -0.0400. The molecule has 0 aromatic heterocycles. The smallest absolute Gasteiger partial charge is 0.00205 e. The highest BCUT2D eigenvalue weighted by Gasteiger charge is 2.31. The molecule has 0 atom stereocenters. The third-order valence-corrected chi connectivity index (χ3v) is 4.41. The van der Waals surface area contributed by atoms with Crippen LogP contribution in [0.3, 0.4) is 0 Å². The highest BCUT2D eigenvalue weighted by atomic mass is 14.6. The van der Waals surface area contributed by atoms with E-state index in [0.717, 1.165) is 6.54 Å². The van der Waals surface area contributed by atoms with Crippen molar-refractivity contribution in [2.24, 2.45) is 11.1 Å². The van der Waals surface area contributed by atoms with E-state index < -0.39 is 0 Å². The Morgan fingerprint density at radius 1 is 0.875 bits per heavy atom. The zero-order chi connectivity index (χ0) is 11.7. The molecule has 1 rings (SSSR count). The first-order valence-corrected chi connectivity index (χ1v) is 7.53. The van der Waals surface area contributed by atoms with Crippen LogP contribution in [0, 0.1) is 5.41 Å². The van der Waals surface area contributed by atoms with E-state index in [9.17, 15) is 0 Å². The summed E-state index contributed by atoms with van der Waals surface area (Å²) in [5, 5.41) is 0. The third-order valence-electron chi connectivity index (χ3n) is 4.41. The molecule has 0 heterocycles. The van der Waals surface area contributed by atoms with Crippen LogP contribution in [-0.4, -0.2) is 6.54 Å². The Kier molecular flexibility index (Phi) is 7.11. The minimum Gasteiger partial charge on any atom is -0.330 e. The third kappa shape index (κ3) is 4.86. The summed E-state index contributed by atoms with van der Waals surface area (Å²) in [5.41, 5.74) is 6.51. The van der Waals surface area contributed by atoms with Crippen molar-refractivity contribution in [2.75, 3.05) is 6.54 Å². The summed E-state index contributed by atoms with van der Waals surface area (Å²) < 4.78 is 0. The maximum Gasteiger partial charge on any atom is -0.00205 e. The van der Waals surface area contributed by atoms with Gasteiger partial charge in [-0.2, -0.15) is 0 Å². The normalized spacial score (nSPS) is 19.1. The van der Waals surface area contributed by atoms with E-state index in [1.54, 1.807) is 0 Å². The second-order valence-corrected chi connectivity index (χ2v) is 5.78. The molecule has 0 aromatic rings. The maximum atomic E-state index is 5.95. The lowest BCUT2D eigenvalue weighted by molar-refractivity contribution is 0.271. The quantitative estimate of drug-likeness (QED) is 0.568. The van der Waals surface area contributed by atoms with Crippen LogP contribution < -0.4 is 5.73 Å². The molecular formula is C15H31N. The van der Waals surface area contributed by atoms with Crippen molar-refractivity contribution >= 4 is 0 Å². The van der Waals surface area contributed by atoms with Crippen molar-refractivity contribution in [3.63, 3.8) is 0 Å². The van der Waals surface area contributed by atoms with Gasteiger partial charge in [0, 0.05) is 0 Å². The van der Waals surface area contributed by atoms with E-state index in [0.29, 0.717) is 5.41 Å². The summed E-state index contributed by atoms with van der Waals surface area (Å²) >= 11 is 0. The van der Waals surface area contributed by atoms with Gasteiger partial charge in [-0.1, -0.05) is 64.7 Å². The first-order valence-electron chi connectivity index (χ1n) is 7.53. The summed E-state index contributed by atoms with van der Waals surface area (Å²) in [7, 11) is 0. The fourth-order valence-electron chi connectivity index (χ4n) is 3.14. The Morgan fingerprint density at radius 3 is 2.00 bits per heavy atom. The number of hydrogen-bond donors (Lipinski definition) is 1. The molecule has 1 saturated carbocycles. The minimum absolute atomic E-state index is 0.559. The molecule has 1 aliphatic rings. The molecule has 1 nitrogen and oxygen atoms in total. The molecule has 1 fully saturated rings. The Labute approximate surface area is 102 Å². The van der Waals surface area contributed by atoms with Gasteiger partial charge in [-0.05, 0) is 31.2 Å². The first kappa shape index (κ1) is 14.0. The summed E-state index contributed by atoms with van der Waals surface area (Å²) in [4.78, 5) is 0. The van der Waals surface area contributed by atoms with Crippen LogP contribution in [0.15, 0.2) is 0 Å². The summed E-state index contributed by atoms with van der Waals surface area (Å²) in [6.45, 7) is 3.22. The molecule has 96 valence electrons. The zero-order valence-electron chi connectivity index (χ0n) is 11.3. The van der Waals surface area contributed by atoms with Gasteiger partial charge in [-0.3, -0.25) is 0 Å². The van der Waals surface area contributed by atoms with Crippen molar-refractivity contribution in [1.29, 1.82) is 0 Å². The Bertz CT molecular complexity index is 159. The molecule has 1 aliphatic carbocycles. The van der Waals surface area contributed by atoms with Crippen LogP contribution in [-0.2, 0) is 0 Å². The molecule has 0 spiro atoms. The molecule has 0 amide bonds. The van der Waals surface area contributed by atoms with Gasteiger partial charge in [-0.15, -0.1) is 0 Å². The molecule has 16 heavy (non-hydrogen) atoms. The van der Waals surface area contributed by atoms with Gasteiger partial charge in [0.15, 0.2) is 0 Å². The molecule has 2 N–H and O–H groups in total. The van der Waals surface area contributed by atoms with E-state index in [4.69, 9.17) is 5.73 Å². The van der Waals surface area contributed by atoms with Gasteiger partial charge in [0.25, 0.3) is 0 Å². The second kappa shape index (κ2) is 8.11. The Balaban J connectivity index is 1.97. The van der Waals surface area contributed by atoms with E-state index in [1.807, 2.05) is 0 Å². The van der Waals surface area contributed by atoms with Crippen LogP contribution in [0.1, 0.15) is 84.0 Å². The van der Waals surface area contributed by atoms with Crippen LogP contribution in [0.4, 0.5) is 0 Å². The van der Waals surface area contributed by atoms with Gasteiger partial charge < -0.3 is 5.73 Å². The summed E-state index contributed by atoms with van der Waals surface area (Å²) in [5.74, 6) is 0.